The molecular weight excluding hydrogens is 430 g/mol. The highest BCUT2D eigenvalue weighted by Gasteiger charge is 2.11. The lowest BCUT2D eigenvalue weighted by Gasteiger charge is -2.12. The lowest BCUT2D eigenvalue weighted by Crippen LogP contribution is -2.10. The highest BCUT2D eigenvalue weighted by atomic mass is 16.5. The maximum atomic E-state index is 12.2. The molecule has 1 aromatic carbocycles. The van der Waals surface area contributed by atoms with Crippen LogP contribution in [0, 0.1) is 11.8 Å². The first-order chi connectivity index (χ1) is 17.0. The van der Waals surface area contributed by atoms with Gasteiger partial charge >= 0.3 is 5.97 Å². The fourth-order valence-corrected chi connectivity index (χ4v) is 4.46. The van der Waals surface area contributed by atoms with Crippen molar-refractivity contribution in [3.8, 4) is 11.3 Å². The number of carbonyl (C=O) groups excluding carboxylic acids is 1. The molecule has 0 spiro atoms. The molecule has 0 bridgehead atoms. The summed E-state index contributed by atoms with van der Waals surface area (Å²) >= 11 is 0. The Kier molecular flexibility index (Phi) is 14.4. The van der Waals surface area contributed by atoms with Crippen molar-refractivity contribution < 1.29 is 9.53 Å². The van der Waals surface area contributed by atoms with Crippen LogP contribution in [0.2, 0.25) is 0 Å². The standard InChI is InChI=1S/C32H49NO2/c1-5-6-7-8-9-10-11-12-16-28-19-22-31(33-24-28)30-20-17-29(18-21-30)25-35-32(34)23-27(4)15-13-14-26(2)3/h17-22,24,26-27H,5-16,23,25H2,1-4H3/t27-/m0/s1. The second-order valence-corrected chi connectivity index (χ2v) is 10.8. The van der Waals surface area contributed by atoms with E-state index in [0.717, 1.165) is 35.6 Å². The van der Waals surface area contributed by atoms with Crippen LogP contribution in [0.4, 0.5) is 0 Å². The molecule has 0 aliphatic rings. The molecule has 3 nitrogen and oxygen atoms in total. The molecule has 2 aromatic rings. The van der Waals surface area contributed by atoms with Gasteiger partial charge in [-0.25, -0.2) is 0 Å². The van der Waals surface area contributed by atoms with Gasteiger partial charge in [-0.2, -0.15) is 0 Å². The molecule has 0 unspecified atom stereocenters. The second kappa shape index (κ2) is 17.3. The Morgan fingerprint density at radius 1 is 0.800 bits per heavy atom. The topological polar surface area (TPSA) is 39.2 Å². The van der Waals surface area contributed by atoms with Crippen LogP contribution >= 0.6 is 0 Å². The monoisotopic (exact) mass is 479 g/mol. The molecule has 0 saturated carbocycles. The number of hydrogen-bond donors (Lipinski definition) is 0. The van der Waals surface area contributed by atoms with Gasteiger partial charge in [0.05, 0.1) is 5.69 Å². The number of nitrogens with zero attached hydrogens (tertiary/aromatic N) is 1. The number of pyridine rings is 1. The highest BCUT2D eigenvalue weighted by Crippen LogP contribution is 2.20. The van der Waals surface area contributed by atoms with Crippen molar-refractivity contribution in [1.82, 2.24) is 4.98 Å². The number of unbranched alkanes of at least 4 members (excludes halogenated alkanes) is 7. The molecule has 0 radical (unpaired) electrons. The van der Waals surface area contributed by atoms with Gasteiger partial charge in [-0.1, -0.05) is 122 Å². The molecule has 0 fully saturated rings. The molecule has 0 aliphatic heterocycles. The van der Waals surface area contributed by atoms with E-state index in [1.807, 2.05) is 18.3 Å². The summed E-state index contributed by atoms with van der Waals surface area (Å²) in [5, 5.41) is 0. The van der Waals surface area contributed by atoms with Crippen LogP contribution in [0.1, 0.15) is 116 Å². The maximum Gasteiger partial charge on any atom is 0.306 e. The number of ether oxygens (including phenoxy) is 1. The van der Waals surface area contributed by atoms with Crippen molar-refractivity contribution >= 4 is 5.97 Å². The van der Waals surface area contributed by atoms with Crippen LogP contribution in [0.15, 0.2) is 42.6 Å². The summed E-state index contributed by atoms with van der Waals surface area (Å²) in [7, 11) is 0. The number of aryl methyl sites for hydroxylation is 1. The first kappa shape index (κ1) is 29.1. The average Bonchev–Trinajstić information content (AvgIpc) is 2.85. The van der Waals surface area contributed by atoms with Crippen molar-refractivity contribution in [2.24, 2.45) is 11.8 Å². The zero-order chi connectivity index (χ0) is 25.3. The highest BCUT2D eigenvalue weighted by molar-refractivity contribution is 5.69. The quantitative estimate of drug-likeness (QED) is 0.158. The Morgan fingerprint density at radius 2 is 1.46 bits per heavy atom. The van der Waals surface area contributed by atoms with Crippen LogP contribution in [0.25, 0.3) is 11.3 Å². The molecule has 1 atom stereocenters. The van der Waals surface area contributed by atoms with Crippen LogP contribution in [0.3, 0.4) is 0 Å². The van der Waals surface area contributed by atoms with Gasteiger partial charge in [0.25, 0.3) is 0 Å². The van der Waals surface area contributed by atoms with Gasteiger partial charge in [-0.05, 0) is 41.9 Å². The predicted octanol–water partition coefficient (Wildman–Crippen LogP) is 9.33. The zero-order valence-electron chi connectivity index (χ0n) is 22.9. The number of benzene rings is 1. The summed E-state index contributed by atoms with van der Waals surface area (Å²) in [4.78, 5) is 16.9. The van der Waals surface area contributed by atoms with E-state index in [-0.39, 0.29) is 5.97 Å². The van der Waals surface area contributed by atoms with Crippen LogP contribution in [-0.2, 0) is 22.6 Å². The van der Waals surface area contributed by atoms with Gasteiger partial charge in [0.15, 0.2) is 0 Å². The molecule has 0 N–H and O–H groups in total. The van der Waals surface area contributed by atoms with Crippen LogP contribution in [-0.4, -0.2) is 11.0 Å². The number of carbonyl (C=O) groups is 1. The van der Waals surface area contributed by atoms with Crippen molar-refractivity contribution in [2.75, 3.05) is 0 Å². The molecule has 0 aliphatic carbocycles. The van der Waals surface area contributed by atoms with Gasteiger partial charge in [0.1, 0.15) is 6.61 Å². The fourth-order valence-electron chi connectivity index (χ4n) is 4.46. The Balaban J connectivity index is 1.67. The van der Waals surface area contributed by atoms with E-state index in [1.54, 1.807) is 0 Å². The summed E-state index contributed by atoms with van der Waals surface area (Å²) in [5.41, 5.74) is 4.42. The first-order valence-electron chi connectivity index (χ1n) is 14.2. The largest absolute Gasteiger partial charge is 0.461 e. The molecule has 0 saturated heterocycles. The van der Waals surface area contributed by atoms with Gasteiger partial charge < -0.3 is 4.74 Å². The maximum absolute atomic E-state index is 12.2. The Morgan fingerprint density at radius 3 is 2.09 bits per heavy atom. The number of rotatable bonds is 18. The lowest BCUT2D eigenvalue weighted by molar-refractivity contribution is -0.146. The number of hydrogen-bond acceptors (Lipinski definition) is 3. The lowest BCUT2D eigenvalue weighted by atomic mass is 9.97. The van der Waals surface area contributed by atoms with E-state index in [4.69, 9.17) is 4.74 Å². The fraction of sp³-hybridized carbons (Fsp3) is 0.625. The summed E-state index contributed by atoms with van der Waals surface area (Å²) in [6.45, 7) is 9.24. The molecule has 1 aromatic heterocycles. The van der Waals surface area contributed by atoms with Gasteiger partial charge in [0, 0.05) is 18.2 Å². The summed E-state index contributed by atoms with van der Waals surface area (Å²) in [6, 6.07) is 12.5. The summed E-state index contributed by atoms with van der Waals surface area (Å²) in [5.74, 6) is 1.01. The van der Waals surface area contributed by atoms with Gasteiger partial charge in [0.2, 0.25) is 0 Å². The third-order valence-corrected chi connectivity index (χ3v) is 6.79. The zero-order valence-corrected chi connectivity index (χ0v) is 22.9. The SMILES string of the molecule is CCCCCCCCCCc1ccc(-c2ccc(COC(=O)C[C@@H](C)CCCC(C)C)cc2)nc1. The molecule has 1 heterocycles. The number of esters is 1. The van der Waals surface area contributed by atoms with E-state index >= 15 is 0 Å². The third kappa shape index (κ3) is 12.9. The van der Waals surface area contributed by atoms with Crippen molar-refractivity contribution in [3.63, 3.8) is 0 Å². The van der Waals surface area contributed by atoms with E-state index in [0.29, 0.717) is 18.9 Å². The first-order valence-corrected chi connectivity index (χ1v) is 14.2. The van der Waals surface area contributed by atoms with E-state index in [9.17, 15) is 4.79 Å². The summed E-state index contributed by atoms with van der Waals surface area (Å²) < 4.78 is 5.51. The van der Waals surface area contributed by atoms with Crippen molar-refractivity contribution in [2.45, 2.75) is 118 Å². The van der Waals surface area contributed by atoms with Crippen LogP contribution < -0.4 is 0 Å². The Hall–Kier alpha value is -2.16. The Labute approximate surface area is 215 Å². The minimum Gasteiger partial charge on any atom is -0.461 e. The van der Waals surface area contributed by atoms with E-state index < -0.39 is 0 Å². The van der Waals surface area contributed by atoms with E-state index in [2.05, 4.69) is 56.9 Å². The smallest absolute Gasteiger partial charge is 0.306 e. The molecule has 2 rings (SSSR count). The minimum absolute atomic E-state index is 0.0973. The Bertz CT molecular complexity index is 810. The second-order valence-electron chi connectivity index (χ2n) is 10.8. The van der Waals surface area contributed by atoms with Crippen molar-refractivity contribution in [3.05, 3.63) is 53.7 Å². The molecular formula is C32H49NO2. The molecule has 35 heavy (non-hydrogen) atoms. The normalized spacial score (nSPS) is 12.1. The van der Waals surface area contributed by atoms with E-state index in [1.165, 1.54) is 69.8 Å². The van der Waals surface area contributed by atoms with Crippen LogP contribution in [0.5, 0.6) is 0 Å². The average molecular weight is 480 g/mol. The van der Waals surface area contributed by atoms with Gasteiger partial charge in [-0.15, -0.1) is 0 Å². The summed E-state index contributed by atoms with van der Waals surface area (Å²) in [6.07, 6.45) is 17.9. The number of aromatic nitrogens is 1. The molecule has 3 heteroatoms. The molecule has 0 amide bonds. The van der Waals surface area contributed by atoms with Crippen molar-refractivity contribution in [1.29, 1.82) is 0 Å². The minimum atomic E-state index is -0.0973. The molecule has 194 valence electrons. The van der Waals surface area contributed by atoms with Gasteiger partial charge in [-0.3, -0.25) is 9.78 Å². The predicted molar refractivity (Wildman–Crippen MR) is 148 cm³/mol. The third-order valence-electron chi connectivity index (χ3n) is 6.79.